The topological polar surface area (TPSA) is 44.7 Å². The SMILES string of the molecule is COc1ccc(C(C)NC(C)CN(C)C)c(O)c1. The summed E-state index contributed by atoms with van der Waals surface area (Å²) in [6.45, 7) is 5.14. The molecule has 0 aromatic heterocycles. The molecule has 1 aromatic carbocycles. The Hall–Kier alpha value is -1.26. The maximum atomic E-state index is 9.96. The molecule has 0 amide bonds. The molecule has 4 heteroatoms. The Labute approximate surface area is 110 Å². The summed E-state index contributed by atoms with van der Waals surface area (Å²) in [4.78, 5) is 2.14. The van der Waals surface area contributed by atoms with Crippen LogP contribution in [0.5, 0.6) is 11.5 Å². The molecule has 0 bridgehead atoms. The summed E-state index contributed by atoms with van der Waals surface area (Å²) in [6, 6.07) is 5.87. The molecule has 0 saturated carbocycles. The second kappa shape index (κ2) is 6.61. The van der Waals surface area contributed by atoms with Crippen LogP contribution in [0.25, 0.3) is 0 Å². The minimum Gasteiger partial charge on any atom is -0.507 e. The monoisotopic (exact) mass is 252 g/mol. The Bertz CT molecular complexity index is 380. The normalized spacial score (nSPS) is 14.6. The highest BCUT2D eigenvalue weighted by atomic mass is 16.5. The van der Waals surface area contributed by atoms with Crippen molar-refractivity contribution >= 4 is 0 Å². The van der Waals surface area contributed by atoms with Gasteiger partial charge in [-0.1, -0.05) is 6.07 Å². The average Bonchev–Trinajstić information content (AvgIpc) is 2.27. The number of hydrogen-bond donors (Lipinski definition) is 2. The number of likely N-dealkylation sites (N-methyl/N-ethyl adjacent to an activating group) is 1. The van der Waals surface area contributed by atoms with E-state index in [9.17, 15) is 5.11 Å². The van der Waals surface area contributed by atoms with E-state index in [1.54, 1.807) is 13.2 Å². The molecule has 2 atom stereocenters. The fourth-order valence-electron chi connectivity index (χ4n) is 2.13. The van der Waals surface area contributed by atoms with Gasteiger partial charge in [-0.05, 0) is 34.0 Å². The van der Waals surface area contributed by atoms with Crippen LogP contribution >= 0.6 is 0 Å². The van der Waals surface area contributed by atoms with Crippen LogP contribution in [-0.4, -0.2) is 43.8 Å². The molecule has 0 radical (unpaired) electrons. The first-order valence-corrected chi connectivity index (χ1v) is 6.21. The number of phenols is 1. The summed E-state index contributed by atoms with van der Waals surface area (Å²) < 4.78 is 5.08. The molecule has 1 aromatic rings. The van der Waals surface area contributed by atoms with Gasteiger partial charge in [-0.2, -0.15) is 0 Å². The summed E-state index contributed by atoms with van der Waals surface area (Å²) >= 11 is 0. The lowest BCUT2D eigenvalue weighted by atomic mass is 10.1. The van der Waals surface area contributed by atoms with Gasteiger partial charge in [0.15, 0.2) is 0 Å². The molecular formula is C14H24N2O2. The predicted octanol–water partition coefficient (Wildman–Crippen LogP) is 2.00. The molecule has 18 heavy (non-hydrogen) atoms. The second-order valence-electron chi connectivity index (χ2n) is 4.98. The molecule has 0 fully saturated rings. The molecular weight excluding hydrogens is 228 g/mol. The van der Waals surface area contributed by atoms with Crippen LogP contribution in [0.15, 0.2) is 18.2 Å². The van der Waals surface area contributed by atoms with E-state index in [0.717, 1.165) is 12.1 Å². The number of methoxy groups -OCH3 is 1. The van der Waals surface area contributed by atoms with Crippen molar-refractivity contribution in [2.45, 2.75) is 25.9 Å². The quantitative estimate of drug-likeness (QED) is 0.813. The van der Waals surface area contributed by atoms with Gasteiger partial charge >= 0.3 is 0 Å². The van der Waals surface area contributed by atoms with Gasteiger partial charge in [-0.3, -0.25) is 0 Å². The molecule has 0 aliphatic carbocycles. The average molecular weight is 252 g/mol. The minimum atomic E-state index is 0.103. The summed E-state index contributed by atoms with van der Waals surface area (Å²) in [6.07, 6.45) is 0. The van der Waals surface area contributed by atoms with Gasteiger partial charge in [0.2, 0.25) is 0 Å². The molecule has 2 unspecified atom stereocenters. The van der Waals surface area contributed by atoms with E-state index in [2.05, 4.69) is 17.1 Å². The van der Waals surface area contributed by atoms with Crippen molar-refractivity contribution in [1.29, 1.82) is 0 Å². The van der Waals surface area contributed by atoms with Gasteiger partial charge in [-0.15, -0.1) is 0 Å². The van der Waals surface area contributed by atoms with E-state index < -0.39 is 0 Å². The van der Waals surface area contributed by atoms with Gasteiger partial charge in [-0.25, -0.2) is 0 Å². The fourth-order valence-corrected chi connectivity index (χ4v) is 2.13. The zero-order chi connectivity index (χ0) is 13.7. The van der Waals surface area contributed by atoms with Gasteiger partial charge in [0.25, 0.3) is 0 Å². The van der Waals surface area contributed by atoms with Gasteiger partial charge in [0.05, 0.1) is 7.11 Å². The third-order valence-electron chi connectivity index (χ3n) is 2.88. The van der Waals surface area contributed by atoms with Crippen LogP contribution < -0.4 is 10.1 Å². The molecule has 0 saturated heterocycles. The zero-order valence-electron chi connectivity index (χ0n) is 11.9. The number of hydrogen-bond acceptors (Lipinski definition) is 4. The smallest absolute Gasteiger partial charge is 0.124 e. The van der Waals surface area contributed by atoms with Gasteiger partial charge in [0, 0.05) is 30.3 Å². The third kappa shape index (κ3) is 4.20. The summed E-state index contributed by atoms with van der Waals surface area (Å²) in [5.41, 5.74) is 0.890. The second-order valence-corrected chi connectivity index (χ2v) is 4.98. The zero-order valence-corrected chi connectivity index (χ0v) is 11.9. The number of phenolic OH excluding ortho intramolecular Hbond substituents is 1. The molecule has 0 heterocycles. The first-order chi connectivity index (χ1) is 8.43. The number of benzene rings is 1. The van der Waals surface area contributed by atoms with Gasteiger partial charge < -0.3 is 20.1 Å². The van der Waals surface area contributed by atoms with Crippen molar-refractivity contribution < 1.29 is 9.84 Å². The van der Waals surface area contributed by atoms with Crippen LogP contribution in [0, 0.1) is 0 Å². The highest BCUT2D eigenvalue weighted by Crippen LogP contribution is 2.28. The Balaban J connectivity index is 2.69. The van der Waals surface area contributed by atoms with Crippen LogP contribution in [0.1, 0.15) is 25.5 Å². The lowest BCUT2D eigenvalue weighted by Crippen LogP contribution is -2.37. The fraction of sp³-hybridized carbons (Fsp3) is 0.571. The maximum Gasteiger partial charge on any atom is 0.124 e. The van der Waals surface area contributed by atoms with E-state index in [4.69, 9.17) is 4.74 Å². The van der Waals surface area contributed by atoms with Crippen LogP contribution in [-0.2, 0) is 0 Å². The molecule has 0 aliphatic rings. The van der Waals surface area contributed by atoms with Crippen LogP contribution in [0.3, 0.4) is 0 Å². The van der Waals surface area contributed by atoms with Crippen molar-refractivity contribution in [2.24, 2.45) is 0 Å². The van der Waals surface area contributed by atoms with E-state index in [1.165, 1.54) is 0 Å². The molecule has 1 rings (SSSR count). The first-order valence-electron chi connectivity index (χ1n) is 6.21. The maximum absolute atomic E-state index is 9.96. The van der Waals surface area contributed by atoms with E-state index in [0.29, 0.717) is 11.8 Å². The number of nitrogens with one attached hydrogen (secondary N) is 1. The van der Waals surface area contributed by atoms with Crippen LogP contribution in [0.4, 0.5) is 0 Å². The minimum absolute atomic E-state index is 0.103. The summed E-state index contributed by atoms with van der Waals surface area (Å²) in [5, 5.41) is 13.4. The van der Waals surface area contributed by atoms with Gasteiger partial charge in [0.1, 0.15) is 11.5 Å². The van der Waals surface area contributed by atoms with E-state index in [1.807, 2.05) is 33.2 Å². The summed E-state index contributed by atoms with van der Waals surface area (Å²) in [5.74, 6) is 0.941. The summed E-state index contributed by atoms with van der Waals surface area (Å²) in [7, 11) is 5.69. The van der Waals surface area contributed by atoms with Crippen molar-refractivity contribution in [3.8, 4) is 11.5 Å². The van der Waals surface area contributed by atoms with Crippen molar-refractivity contribution in [1.82, 2.24) is 10.2 Å². The van der Waals surface area contributed by atoms with E-state index in [-0.39, 0.29) is 11.8 Å². The molecule has 2 N–H and O–H groups in total. The Morgan fingerprint density at radius 2 is 2.00 bits per heavy atom. The standard InChI is InChI=1S/C14H24N2O2/c1-10(9-16(3)4)15-11(2)13-7-6-12(18-5)8-14(13)17/h6-8,10-11,15,17H,9H2,1-5H3. The molecule has 102 valence electrons. The number of aromatic hydroxyl groups is 1. The Morgan fingerprint density at radius 3 is 2.50 bits per heavy atom. The van der Waals surface area contributed by atoms with Crippen molar-refractivity contribution in [2.75, 3.05) is 27.7 Å². The highest BCUT2D eigenvalue weighted by molar-refractivity contribution is 5.41. The molecule has 0 aliphatic heterocycles. The first kappa shape index (κ1) is 14.8. The van der Waals surface area contributed by atoms with Crippen molar-refractivity contribution in [3.05, 3.63) is 23.8 Å². The van der Waals surface area contributed by atoms with Crippen molar-refractivity contribution in [3.63, 3.8) is 0 Å². The van der Waals surface area contributed by atoms with E-state index >= 15 is 0 Å². The predicted molar refractivity (Wildman–Crippen MR) is 74.2 cm³/mol. The lowest BCUT2D eigenvalue weighted by Gasteiger charge is -2.23. The van der Waals surface area contributed by atoms with Crippen LogP contribution in [0.2, 0.25) is 0 Å². The lowest BCUT2D eigenvalue weighted by molar-refractivity contribution is 0.331. The number of rotatable bonds is 6. The Morgan fingerprint density at radius 1 is 1.33 bits per heavy atom. The largest absolute Gasteiger partial charge is 0.507 e. The molecule has 4 nitrogen and oxygen atoms in total. The number of nitrogens with zero attached hydrogens (tertiary/aromatic N) is 1. The molecule has 0 spiro atoms. The number of ether oxygens (including phenoxy) is 1. The third-order valence-corrected chi connectivity index (χ3v) is 2.88. The highest BCUT2D eigenvalue weighted by Gasteiger charge is 2.14. The Kier molecular flexibility index (Phi) is 5.44.